The van der Waals surface area contributed by atoms with Gasteiger partial charge in [0.05, 0.1) is 6.85 Å². The molecule has 0 aliphatic heterocycles. The molecule has 42 valence electrons. The summed E-state index contributed by atoms with van der Waals surface area (Å²) in [5, 5.41) is 0. The van der Waals surface area contributed by atoms with Crippen molar-refractivity contribution in [3.63, 3.8) is 0 Å². The molecule has 0 amide bonds. The smallest absolute Gasteiger partial charge is 0.0626 e. The number of hydrogen-bond donors (Lipinski definition) is 0. The lowest BCUT2D eigenvalue weighted by Gasteiger charge is -1.88. The Hall–Kier alpha value is -0.490. The van der Waals surface area contributed by atoms with Crippen LogP contribution >= 0.6 is 11.6 Å². The third-order valence-corrected chi connectivity index (χ3v) is 0.783. The standard InChI is InChI=1S/C7H7Cl/c8-6-7-4-2-1-3-5-7/h1-5H,6H2/i1D,2D,3D,4D,5D,6D2. The first-order valence-corrected chi connectivity index (χ1v) is 2.32. The van der Waals surface area contributed by atoms with Crippen LogP contribution in [0.3, 0.4) is 0 Å². The molecule has 0 atom stereocenters. The zero-order chi connectivity index (χ0) is 12.0. The molecule has 0 aliphatic rings. The summed E-state index contributed by atoms with van der Waals surface area (Å²) in [6.07, 6.45) is 0. The van der Waals surface area contributed by atoms with E-state index in [4.69, 9.17) is 21.2 Å². The van der Waals surface area contributed by atoms with Gasteiger partial charge in [-0.15, -0.1) is 11.6 Å². The summed E-state index contributed by atoms with van der Waals surface area (Å²) in [5.41, 5.74) is -0.532. The van der Waals surface area contributed by atoms with Crippen LogP contribution in [0.25, 0.3) is 0 Å². The fourth-order valence-corrected chi connectivity index (χ4v) is 0.392. The summed E-state index contributed by atoms with van der Waals surface area (Å²) < 4.78 is 51.0. The minimum absolute atomic E-state index is 0.532. The van der Waals surface area contributed by atoms with Crippen LogP contribution in [0.2, 0.25) is 0 Å². The predicted molar refractivity (Wildman–Crippen MR) is 36.0 cm³/mol. The molecule has 0 N–H and O–H groups in total. The molecule has 1 rings (SSSR count). The lowest BCUT2D eigenvalue weighted by molar-refractivity contribution is 1.41. The lowest BCUT2D eigenvalue weighted by atomic mass is 10.2. The van der Waals surface area contributed by atoms with Gasteiger partial charge in [0.1, 0.15) is 0 Å². The van der Waals surface area contributed by atoms with E-state index in [0.29, 0.717) is 0 Å². The molecule has 0 saturated heterocycles. The Morgan fingerprint density at radius 1 is 1.50 bits per heavy atom. The molecular weight excluding hydrogens is 120 g/mol. The van der Waals surface area contributed by atoms with Gasteiger partial charge in [-0.05, 0) is 5.56 Å². The number of hydrogen-bond acceptors (Lipinski definition) is 0. The van der Waals surface area contributed by atoms with E-state index in [1.54, 1.807) is 0 Å². The van der Waals surface area contributed by atoms with Gasteiger partial charge in [-0.3, -0.25) is 0 Å². The van der Waals surface area contributed by atoms with Crippen molar-refractivity contribution in [2.75, 3.05) is 0 Å². The second-order valence-corrected chi connectivity index (χ2v) is 1.28. The maximum Gasteiger partial charge on any atom is 0.0626 e. The molecule has 0 saturated carbocycles. The molecule has 0 aliphatic carbocycles. The average molecular weight is 134 g/mol. The molecule has 1 aromatic carbocycles. The number of halogens is 1. The molecular formula is C7H7Cl. The Morgan fingerprint density at radius 2 is 2.12 bits per heavy atom. The van der Waals surface area contributed by atoms with Crippen LogP contribution in [0.4, 0.5) is 0 Å². The molecule has 0 fully saturated rings. The van der Waals surface area contributed by atoms with Gasteiger partial charge >= 0.3 is 0 Å². The van der Waals surface area contributed by atoms with Gasteiger partial charge in [0.25, 0.3) is 0 Å². The highest BCUT2D eigenvalue weighted by molar-refractivity contribution is 6.17. The molecule has 0 spiro atoms. The molecule has 8 heavy (non-hydrogen) atoms. The Labute approximate surface area is 63.9 Å². The topological polar surface area (TPSA) is 0 Å². The normalized spacial score (nSPS) is 23.4. The third kappa shape index (κ3) is 1.24. The summed E-state index contributed by atoms with van der Waals surface area (Å²) in [6, 6.07) is -2.96. The van der Waals surface area contributed by atoms with Crippen LogP contribution in [-0.2, 0) is 5.83 Å². The number of alkyl halides is 1. The van der Waals surface area contributed by atoms with Gasteiger partial charge in [-0.2, -0.15) is 0 Å². The fraction of sp³-hybridized carbons (Fsp3) is 0.143. The van der Waals surface area contributed by atoms with E-state index >= 15 is 0 Å². The van der Waals surface area contributed by atoms with Gasteiger partial charge in [0.2, 0.25) is 0 Å². The SMILES string of the molecule is [2H]c1c([2H])c([2H])c(C([2H])([2H])Cl)c([2H])c1[2H]. The third-order valence-electron chi connectivity index (χ3n) is 0.594. The van der Waals surface area contributed by atoms with Gasteiger partial charge in [0.15, 0.2) is 0 Å². The Balaban J connectivity index is 3.68. The van der Waals surface area contributed by atoms with Gasteiger partial charge in [-0.25, -0.2) is 0 Å². The van der Waals surface area contributed by atoms with E-state index in [1.807, 2.05) is 0 Å². The van der Waals surface area contributed by atoms with Crippen molar-refractivity contribution in [2.24, 2.45) is 0 Å². The van der Waals surface area contributed by atoms with Crippen LogP contribution in [-0.4, -0.2) is 0 Å². The van der Waals surface area contributed by atoms with Gasteiger partial charge < -0.3 is 0 Å². The van der Waals surface area contributed by atoms with Crippen LogP contribution in [0, 0.1) is 0 Å². The number of benzene rings is 1. The lowest BCUT2D eigenvalue weighted by Crippen LogP contribution is -1.71. The molecule has 1 heteroatoms. The van der Waals surface area contributed by atoms with Gasteiger partial charge in [0, 0.05) is 8.57 Å². The van der Waals surface area contributed by atoms with Gasteiger partial charge in [-0.1, -0.05) is 30.2 Å². The zero-order valence-electron chi connectivity index (χ0n) is 10.9. The van der Waals surface area contributed by atoms with Crippen molar-refractivity contribution in [1.82, 2.24) is 0 Å². The largest absolute Gasteiger partial charge is 0.122 e. The quantitative estimate of drug-likeness (QED) is 0.517. The summed E-state index contributed by atoms with van der Waals surface area (Å²) in [4.78, 5) is 0. The van der Waals surface area contributed by atoms with E-state index in [1.165, 1.54) is 0 Å². The van der Waals surface area contributed by atoms with Crippen LogP contribution < -0.4 is 0 Å². The van der Waals surface area contributed by atoms with E-state index < -0.39 is 41.6 Å². The van der Waals surface area contributed by atoms with Crippen LogP contribution in [0.15, 0.2) is 30.2 Å². The van der Waals surface area contributed by atoms with E-state index in [0.717, 1.165) is 0 Å². The minimum Gasteiger partial charge on any atom is -0.122 e. The highest BCUT2D eigenvalue weighted by atomic mass is 35.5. The van der Waals surface area contributed by atoms with Crippen molar-refractivity contribution in [3.05, 3.63) is 35.8 Å². The molecule has 0 radical (unpaired) electrons. The second kappa shape index (κ2) is 2.73. The van der Waals surface area contributed by atoms with Crippen molar-refractivity contribution in [1.29, 1.82) is 0 Å². The van der Waals surface area contributed by atoms with Crippen molar-refractivity contribution >= 4 is 11.6 Å². The number of rotatable bonds is 1. The fourth-order valence-electron chi connectivity index (χ4n) is 0.297. The summed E-state index contributed by atoms with van der Waals surface area (Å²) >= 11 is 5.33. The van der Waals surface area contributed by atoms with Crippen molar-refractivity contribution in [2.45, 2.75) is 5.83 Å². The predicted octanol–water partition coefficient (Wildman–Crippen LogP) is 2.43. The van der Waals surface area contributed by atoms with Crippen LogP contribution in [0.1, 0.15) is 15.2 Å². The monoisotopic (exact) mass is 133 g/mol. The van der Waals surface area contributed by atoms with Crippen molar-refractivity contribution in [3.8, 4) is 0 Å². The summed E-state index contributed by atoms with van der Waals surface area (Å²) in [7, 11) is 0. The summed E-state index contributed by atoms with van der Waals surface area (Å²) in [6.45, 7) is 0. The maximum absolute atomic E-state index is 7.39. The molecule has 1 aromatic rings. The van der Waals surface area contributed by atoms with E-state index in [-0.39, 0.29) is 0 Å². The van der Waals surface area contributed by atoms with E-state index in [9.17, 15) is 0 Å². The second-order valence-electron chi connectivity index (χ2n) is 1.09. The highest BCUT2D eigenvalue weighted by Crippen LogP contribution is 2.00. The van der Waals surface area contributed by atoms with E-state index in [2.05, 4.69) is 0 Å². The molecule has 0 unspecified atom stereocenters. The summed E-state index contributed by atoms with van der Waals surface area (Å²) in [5.74, 6) is -2.48. The minimum atomic E-state index is -2.48. The highest BCUT2D eigenvalue weighted by Gasteiger charge is 1.81. The Morgan fingerprint density at radius 3 is 2.62 bits per heavy atom. The first kappa shape index (κ1) is 1.51. The molecule has 0 bridgehead atoms. The maximum atomic E-state index is 7.39. The zero-order valence-corrected chi connectivity index (χ0v) is 4.63. The first-order valence-electron chi connectivity index (χ1n) is 5.44. The van der Waals surface area contributed by atoms with Crippen LogP contribution in [0.5, 0.6) is 0 Å². The Kier molecular flexibility index (Phi) is 0.516. The molecule has 0 nitrogen and oxygen atoms in total. The molecule has 0 heterocycles. The van der Waals surface area contributed by atoms with Crippen molar-refractivity contribution < 1.29 is 9.60 Å². The molecule has 0 aromatic heterocycles. The average Bonchev–Trinajstić information content (AvgIpc) is 2.09. The first-order chi connectivity index (χ1) is 6.68. The Bertz CT molecular complexity index is 380.